The van der Waals surface area contributed by atoms with Gasteiger partial charge in [-0.2, -0.15) is 0 Å². The van der Waals surface area contributed by atoms with E-state index in [1.54, 1.807) is 0 Å². The molecule has 1 aromatic carbocycles. The van der Waals surface area contributed by atoms with E-state index in [0.29, 0.717) is 6.54 Å². The third-order valence-electron chi connectivity index (χ3n) is 4.36. The summed E-state index contributed by atoms with van der Waals surface area (Å²) in [5.41, 5.74) is 6.51. The van der Waals surface area contributed by atoms with Crippen molar-refractivity contribution in [2.24, 2.45) is 0 Å². The highest BCUT2D eigenvalue weighted by atomic mass is 16.5. The summed E-state index contributed by atoms with van der Waals surface area (Å²) >= 11 is 0. The maximum absolute atomic E-state index is 12.7. The van der Waals surface area contributed by atoms with Crippen LogP contribution in [0.1, 0.15) is 15.9 Å². The van der Waals surface area contributed by atoms with Gasteiger partial charge < -0.3 is 15.4 Å². The number of nitrogens with one attached hydrogen (secondary N) is 1. The molecule has 8 heteroatoms. The Morgan fingerprint density at radius 1 is 1.32 bits per heavy atom. The Bertz CT molecular complexity index is 916. The Labute approximate surface area is 143 Å². The van der Waals surface area contributed by atoms with Crippen LogP contribution < -0.4 is 21.9 Å². The van der Waals surface area contributed by atoms with E-state index < -0.39 is 17.0 Å². The van der Waals surface area contributed by atoms with E-state index in [0.717, 1.165) is 16.7 Å². The minimum atomic E-state index is -0.756. The summed E-state index contributed by atoms with van der Waals surface area (Å²) in [5.74, 6) is -0.537. The predicted octanol–water partition coefficient (Wildman–Crippen LogP) is 0.0106. The number of aromatic amines is 1. The van der Waals surface area contributed by atoms with Crippen molar-refractivity contribution in [2.45, 2.75) is 13.0 Å². The molecule has 3 rings (SSSR count). The van der Waals surface area contributed by atoms with Gasteiger partial charge in [0.1, 0.15) is 11.4 Å². The van der Waals surface area contributed by atoms with Crippen LogP contribution in [0.25, 0.3) is 0 Å². The van der Waals surface area contributed by atoms with E-state index in [-0.39, 0.29) is 31.1 Å². The topological polar surface area (TPSA) is 110 Å². The number of nitrogen functional groups attached to an aromatic ring is 1. The van der Waals surface area contributed by atoms with Crippen molar-refractivity contribution >= 4 is 17.3 Å². The van der Waals surface area contributed by atoms with Gasteiger partial charge in [0, 0.05) is 19.3 Å². The fraction of sp³-hybridized carbons (Fsp3) is 0.353. The molecule has 1 aliphatic rings. The Balaban J connectivity index is 1.90. The molecule has 0 saturated carbocycles. The van der Waals surface area contributed by atoms with E-state index in [2.05, 4.69) is 4.98 Å². The van der Waals surface area contributed by atoms with Crippen LogP contribution in [-0.2, 0) is 17.7 Å². The highest BCUT2D eigenvalue weighted by molar-refractivity contribution is 6.02. The van der Waals surface area contributed by atoms with Crippen LogP contribution in [0.4, 0.5) is 11.5 Å². The minimum Gasteiger partial charge on any atom is -0.384 e. The summed E-state index contributed by atoms with van der Waals surface area (Å²) in [4.78, 5) is 40.8. The van der Waals surface area contributed by atoms with Crippen LogP contribution in [0.15, 0.2) is 33.9 Å². The summed E-state index contributed by atoms with van der Waals surface area (Å²) in [7, 11) is 1.49. The third-order valence-corrected chi connectivity index (χ3v) is 4.36. The number of nitrogens with two attached hydrogens (primary N) is 1. The molecule has 3 N–H and O–H groups in total. The van der Waals surface area contributed by atoms with Crippen molar-refractivity contribution in [1.82, 2.24) is 9.55 Å². The van der Waals surface area contributed by atoms with Gasteiger partial charge >= 0.3 is 5.69 Å². The summed E-state index contributed by atoms with van der Waals surface area (Å²) < 4.78 is 6.08. The number of carbonyl (C=O) groups is 1. The number of hydrogen-bond acceptors (Lipinski definition) is 6. The number of para-hydroxylation sites is 1. The number of ether oxygens (including phenoxy) is 1. The molecule has 0 atom stereocenters. The van der Waals surface area contributed by atoms with Crippen LogP contribution in [0.2, 0.25) is 0 Å². The lowest BCUT2D eigenvalue weighted by atomic mass is 10.1. The molecule has 0 bridgehead atoms. The number of nitrogens with zero attached hydrogens (tertiary/aromatic N) is 2. The first-order valence-electron chi connectivity index (χ1n) is 8.00. The molecule has 132 valence electrons. The molecule has 0 amide bonds. The molecular formula is C17H20N4O4. The van der Waals surface area contributed by atoms with Crippen LogP contribution >= 0.6 is 0 Å². The molecule has 0 radical (unpaired) electrons. The van der Waals surface area contributed by atoms with Crippen molar-refractivity contribution < 1.29 is 9.53 Å². The van der Waals surface area contributed by atoms with Gasteiger partial charge in [-0.3, -0.25) is 19.1 Å². The maximum atomic E-state index is 12.7. The molecule has 2 aromatic rings. The molecule has 2 heterocycles. The number of ketones is 1. The van der Waals surface area contributed by atoms with Crippen LogP contribution in [0.3, 0.4) is 0 Å². The maximum Gasteiger partial charge on any atom is 0.330 e. The number of carbonyl (C=O) groups excluding carboxylic acids is 1. The van der Waals surface area contributed by atoms with Crippen LogP contribution in [-0.4, -0.2) is 42.1 Å². The fourth-order valence-corrected chi connectivity index (χ4v) is 3.09. The van der Waals surface area contributed by atoms with Gasteiger partial charge in [0.25, 0.3) is 5.56 Å². The number of anilines is 2. The normalized spacial score (nSPS) is 13.1. The van der Waals surface area contributed by atoms with Gasteiger partial charge in [0.15, 0.2) is 5.78 Å². The number of H-pyrrole nitrogens is 1. The van der Waals surface area contributed by atoms with Crippen LogP contribution in [0.5, 0.6) is 0 Å². The van der Waals surface area contributed by atoms with Gasteiger partial charge in [-0.15, -0.1) is 0 Å². The summed E-state index contributed by atoms with van der Waals surface area (Å²) in [6, 6.07) is 7.83. The number of aromatic nitrogens is 2. The molecule has 1 aromatic heterocycles. The highest BCUT2D eigenvalue weighted by Crippen LogP contribution is 2.27. The number of methoxy groups -OCH3 is 1. The van der Waals surface area contributed by atoms with Gasteiger partial charge in [-0.25, -0.2) is 4.79 Å². The lowest BCUT2D eigenvalue weighted by molar-refractivity contribution is 0.0997. The average molecular weight is 344 g/mol. The van der Waals surface area contributed by atoms with Crippen LogP contribution in [0, 0.1) is 0 Å². The third kappa shape index (κ3) is 3.20. The van der Waals surface area contributed by atoms with Crippen molar-refractivity contribution in [3.63, 3.8) is 0 Å². The van der Waals surface area contributed by atoms with Gasteiger partial charge in [-0.1, -0.05) is 18.2 Å². The fourth-order valence-electron chi connectivity index (χ4n) is 3.09. The Morgan fingerprint density at radius 3 is 2.84 bits per heavy atom. The molecule has 0 unspecified atom stereocenters. The second-order valence-electron chi connectivity index (χ2n) is 5.89. The average Bonchev–Trinajstić information content (AvgIpc) is 2.97. The lowest BCUT2D eigenvalue weighted by Gasteiger charge is -2.19. The zero-order chi connectivity index (χ0) is 18.0. The first-order valence-corrected chi connectivity index (χ1v) is 8.00. The van der Waals surface area contributed by atoms with Gasteiger partial charge in [0.2, 0.25) is 0 Å². The Kier molecular flexibility index (Phi) is 4.71. The second-order valence-corrected chi connectivity index (χ2v) is 5.89. The number of rotatable bonds is 6. The van der Waals surface area contributed by atoms with E-state index in [1.807, 2.05) is 29.2 Å². The molecule has 1 aliphatic heterocycles. The monoisotopic (exact) mass is 344 g/mol. The molecule has 0 aliphatic carbocycles. The predicted molar refractivity (Wildman–Crippen MR) is 94.3 cm³/mol. The molecule has 0 fully saturated rings. The van der Waals surface area contributed by atoms with E-state index >= 15 is 0 Å². The smallest absolute Gasteiger partial charge is 0.330 e. The largest absolute Gasteiger partial charge is 0.384 e. The first-order chi connectivity index (χ1) is 12.0. The minimum absolute atomic E-state index is 0.0345. The molecule has 25 heavy (non-hydrogen) atoms. The lowest BCUT2D eigenvalue weighted by Crippen LogP contribution is -2.39. The second kappa shape index (κ2) is 6.94. The molecule has 0 saturated heterocycles. The standard InChI is InChI=1S/C17H20N4O4/c1-25-9-8-21-15(18)14(16(23)19-17(21)24)13(22)10-20-7-6-11-4-2-3-5-12(11)20/h2-5H,6-10,18H2,1H3,(H,19,23,24). The van der Waals surface area contributed by atoms with Gasteiger partial charge in [-0.05, 0) is 18.1 Å². The quantitative estimate of drug-likeness (QED) is 0.714. The number of hydrogen-bond donors (Lipinski definition) is 2. The van der Waals surface area contributed by atoms with E-state index in [4.69, 9.17) is 10.5 Å². The molecular weight excluding hydrogens is 324 g/mol. The zero-order valence-electron chi connectivity index (χ0n) is 13.9. The first kappa shape index (κ1) is 17.0. The van der Waals surface area contributed by atoms with E-state index in [1.165, 1.54) is 12.7 Å². The number of Topliss-reactive ketones (excluding diaryl/α,β-unsaturated/α-hetero) is 1. The number of benzene rings is 1. The summed E-state index contributed by atoms with van der Waals surface area (Å²) in [6.45, 7) is 1.13. The Hall–Kier alpha value is -2.87. The number of fused-ring (bicyclic) bond motifs is 1. The summed E-state index contributed by atoms with van der Waals surface area (Å²) in [6.07, 6.45) is 0.850. The SMILES string of the molecule is COCCn1c(N)c(C(=O)CN2CCc3ccccc32)c(=O)[nH]c1=O. The van der Waals surface area contributed by atoms with Gasteiger partial charge in [0.05, 0.1) is 19.7 Å². The van der Waals surface area contributed by atoms with Crippen molar-refractivity contribution in [2.75, 3.05) is 37.4 Å². The van der Waals surface area contributed by atoms with E-state index in [9.17, 15) is 14.4 Å². The zero-order valence-corrected chi connectivity index (χ0v) is 13.9. The molecule has 0 spiro atoms. The highest BCUT2D eigenvalue weighted by Gasteiger charge is 2.25. The van der Waals surface area contributed by atoms with Crippen molar-refractivity contribution in [1.29, 1.82) is 0 Å². The molecule has 8 nitrogen and oxygen atoms in total. The van der Waals surface area contributed by atoms with Crippen molar-refractivity contribution in [3.05, 3.63) is 56.2 Å². The Morgan fingerprint density at radius 2 is 2.08 bits per heavy atom. The summed E-state index contributed by atoms with van der Waals surface area (Å²) in [5, 5.41) is 0. The van der Waals surface area contributed by atoms with Crippen molar-refractivity contribution in [3.8, 4) is 0 Å².